The van der Waals surface area contributed by atoms with Crippen LogP contribution in [0.4, 0.5) is 22.0 Å². The molecule has 28 heavy (non-hydrogen) atoms. The van der Waals surface area contributed by atoms with Crippen molar-refractivity contribution in [2.75, 3.05) is 0 Å². The number of hydrogen-bond acceptors (Lipinski definition) is 1. The summed E-state index contributed by atoms with van der Waals surface area (Å²) in [6, 6.07) is 9.67. The summed E-state index contributed by atoms with van der Waals surface area (Å²) in [7, 11) is 0. The van der Waals surface area contributed by atoms with E-state index in [4.69, 9.17) is 0 Å². The fraction of sp³-hybridized carbons (Fsp3) is 0.455. The molecule has 0 amide bonds. The third-order valence-electron chi connectivity index (χ3n) is 5.56. The number of halogens is 5. The third-order valence-corrected chi connectivity index (χ3v) is 5.56. The van der Waals surface area contributed by atoms with E-state index in [1.165, 1.54) is 37.7 Å². The van der Waals surface area contributed by atoms with Crippen LogP contribution in [0.1, 0.15) is 61.6 Å². The van der Waals surface area contributed by atoms with E-state index in [-0.39, 0.29) is 12.0 Å². The van der Waals surface area contributed by atoms with Gasteiger partial charge in [0.05, 0.1) is 0 Å². The van der Waals surface area contributed by atoms with Crippen LogP contribution in [0.15, 0.2) is 36.4 Å². The van der Waals surface area contributed by atoms with Crippen molar-refractivity contribution in [3.05, 3.63) is 64.7 Å². The lowest BCUT2D eigenvalue weighted by Gasteiger charge is -2.28. The van der Waals surface area contributed by atoms with Gasteiger partial charge in [0.2, 0.25) is 5.75 Å². The molecule has 0 unspecified atom stereocenters. The van der Waals surface area contributed by atoms with Crippen molar-refractivity contribution in [1.29, 1.82) is 0 Å². The Kier molecular flexibility index (Phi) is 6.26. The van der Waals surface area contributed by atoms with E-state index in [0.29, 0.717) is 5.92 Å². The Bertz CT molecular complexity index is 767. The van der Waals surface area contributed by atoms with Gasteiger partial charge in [-0.15, -0.1) is 13.2 Å². The monoisotopic (exact) mass is 398 g/mol. The minimum absolute atomic E-state index is 0.225. The minimum atomic E-state index is -5.14. The highest BCUT2D eigenvalue weighted by atomic mass is 19.4. The van der Waals surface area contributed by atoms with E-state index < -0.39 is 23.7 Å². The molecule has 0 radical (unpaired) electrons. The molecule has 0 N–H and O–H groups in total. The lowest BCUT2D eigenvalue weighted by molar-refractivity contribution is -0.276. The van der Waals surface area contributed by atoms with E-state index in [1.54, 1.807) is 0 Å². The van der Waals surface area contributed by atoms with Gasteiger partial charge in [-0.05, 0) is 72.8 Å². The molecule has 0 bridgehead atoms. The Morgan fingerprint density at radius 3 is 1.96 bits per heavy atom. The maximum absolute atomic E-state index is 13.8. The molecule has 1 nitrogen and oxygen atoms in total. The second-order valence-electron chi connectivity index (χ2n) is 7.48. The third kappa shape index (κ3) is 5.24. The van der Waals surface area contributed by atoms with Crippen LogP contribution in [-0.2, 0) is 6.42 Å². The molecule has 3 rings (SSSR count). The molecule has 152 valence electrons. The highest BCUT2D eigenvalue weighted by Gasteiger charge is 2.34. The Morgan fingerprint density at radius 1 is 0.893 bits per heavy atom. The van der Waals surface area contributed by atoms with E-state index in [2.05, 4.69) is 11.7 Å². The molecule has 0 heterocycles. The van der Waals surface area contributed by atoms with Gasteiger partial charge in [0.1, 0.15) is 0 Å². The van der Waals surface area contributed by atoms with Crippen molar-refractivity contribution in [1.82, 2.24) is 0 Å². The Labute approximate surface area is 161 Å². The molecule has 2 aromatic carbocycles. The van der Waals surface area contributed by atoms with Gasteiger partial charge < -0.3 is 4.74 Å². The smallest absolute Gasteiger partial charge is 0.399 e. The van der Waals surface area contributed by atoms with Crippen molar-refractivity contribution < 1.29 is 26.7 Å². The van der Waals surface area contributed by atoms with Crippen molar-refractivity contribution in [3.8, 4) is 5.75 Å². The summed E-state index contributed by atoms with van der Waals surface area (Å²) in [5.41, 5.74) is 2.36. The number of benzene rings is 2. The van der Waals surface area contributed by atoms with E-state index in [0.717, 1.165) is 23.6 Å². The highest BCUT2D eigenvalue weighted by molar-refractivity contribution is 5.35. The van der Waals surface area contributed by atoms with Crippen molar-refractivity contribution in [3.63, 3.8) is 0 Å². The van der Waals surface area contributed by atoms with Crippen molar-refractivity contribution >= 4 is 0 Å². The van der Waals surface area contributed by atoms with Crippen LogP contribution in [0, 0.1) is 17.6 Å². The van der Waals surface area contributed by atoms with Gasteiger partial charge in [-0.1, -0.05) is 37.6 Å². The quantitative estimate of drug-likeness (QED) is 0.487. The molecule has 0 saturated heterocycles. The zero-order valence-electron chi connectivity index (χ0n) is 15.7. The zero-order valence-corrected chi connectivity index (χ0v) is 15.7. The molecule has 6 heteroatoms. The first-order valence-corrected chi connectivity index (χ1v) is 9.57. The largest absolute Gasteiger partial charge is 0.573 e. The summed E-state index contributed by atoms with van der Waals surface area (Å²) < 4.78 is 67.8. The Hall–Kier alpha value is -2.11. The summed E-state index contributed by atoms with van der Waals surface area (Å²) in [5, 5.41) is 0. The molecule has 1 fully saturated rings. The van der Waals surface area contributed by atoms with Crippen LogP contribution >= 0.6 is 0 Å². The van der Waals surface area contributed by atoms with Crippen molar-refractivity contribution in [2.24, 2.45) is 5.92 Å². The molecule has 0 aliphatic heterocycles. The summed E-state index contributed by atoms with van der Waals surface area (Å²) in [6.07, 6.45) is 1.15. The van der Waals surface area contributed by atoms with Gasteiger partial charge in [-0.25, -0.2) is 8.78 Å². The first-order valence-electron chi connectivity index (χ1n) is 9.57. The van der Waals surface area contributed by atoms with Crippen LogP contribution in [-0.4, -0.2) is 6.36 Å². The van der Waals surface area contributed by atoms with Crippen LogP contribution in [0.2, 0.25) is 0 Å². The average molecular weight is 398 g/mol. The average Bonchev–Trinajstić information content (AvgIpc) is 2.65. The number of alkyl halides is 3. The molecule has 2 aromatic rings. The first-order chi connectivity index (χ1) is 13.2. The standard InChI is InChI=1S/C22H23F5O/c1-2-14-3-7-17(8-4-14)18-9-5-15(6-10-18)11-16-12-19(23)21(20(24)13-16)28-22(25,26)27/h5-6,9-10,12-14,17H,2-4,7-8,11H2,1H3. The van der Waals surface area contributed by atoms with E-state index in [9.17, 15) is 22.0 Å². The Balaban J connectivity index is 1.67. The predicted octanol–water partition coefficient (Wildman–Crippen LogP) is 7.14. The van der Waals surface area contributed by atoms with Gasteiger partial charge in [0.15, 0.2) is 11.6 Å². The number of rotatable bonds is 5. The summed E-state index contributed by atoms with van der Waals surface area (Å²) in [5.74, 6) is -2.78. The van der Waals surface area contributed by atoms with Crippen LogP contribution in [0.25, 0.3) is 0 Å². The normalized spacial score (nSPS) is 20.2. The lowest BCUT2D eigenvalue weighted by atomic mass is 9.78. The highest BCUT2D eigenvalue weighted by Crippen LogP contribution is 2.37. The maximum atomic E-state index is 13.8. The van der Waals surface area contributed by atoms with Gasteiger partial charge in [-0.2, -0.15) is 0 Å². The van der Waals surface area contributed by atoms with Crippen LogP contribution in [0.3, 0.4) is 0 Å². The molecule has 0 atom stereocenters. The predicted molar refractivity (Wildman–Crippen MR) is 97.3 cm³/mol. The second-order valence-corrected chi connectivity index (χ2v) is 7.48. The molecular weight excluding hydrogens is 375 g/mol. The lowest BCUT2D eigenvalue weighted by Crippen LogP contribution is -2.19. The van der Waals surface area contributed by atoms with Crippen LogP contribution in [0.5, 0.6) is 5.75 Å². The minimum Gasteiger partial charge on any atom is -0.399 e. The second kappa shape index (κ2) is 8.50. The van der Waals surface area contributed by atoms with Gasteiger partial charge >= 0.3 is 6.36 Å². The fourth-order valence-electron chi connectivity index (χ4n) is 3.98. The fourth-order valence-corrected chi connectivity index (χ4v) is 3.98. The van der Waals surface area contributed by atoms with E-state index >= 15 is 0 Å². The number of hydrogen-bond donors (Lipinski definition) is 0. The maximum Gasteiger partial charge on any atom is 0.573 e. The van der Waals surface area contributed by atoms with Crippen molar-refractivity contribution in [2.45, 2.75) is 57.7 Å². The molecule has 1 saturated carbocycles. The molecule has 0 spiro atoms. The molecule has 0 aromatic heterocycles. The van der Waals surface area contributed by atoms with Gasteiger partial charge in [0.25, 0.3) is 0 Å². The van der Waals surface area contributed by atoms with Gasteiger partial charge in [0, 0.05) is 0 Å². The topological polar surface area (TPSA) is 9.23 Å². The molecule has 1 aliphatic rings. The van der Waals surface area contributed by atoms with E-state index in [1.807, 2.05) is 24.3 Å². The SMILES string of the molecule is CCC1CCC(c2ccc(Cc3cc(F)c(OC(F)(F)F)c(F)c3)cc2)CC1. The number of ether oxygens (including phenoxy) is 1. The zero-order chi connectivity index (χ0) is 20.3. The van der Waals surface area contributed by atoms with Crippen LogP contribution < -0.4 is 4.74 Å². The van der Waals surface area contributed by atoms with Gasteiger partial charge in [-0.3, -0.25) is 0 Å². The molecular formula is C22H23F5O. The summed E-state index contributed by atoms with van der Waals surface area (Å²) in [4.78, 5) is 0. The summed E-state index contributed by atoms with van der Waals surface area (Å²) in [6.45, 7) is 2.23. The first kappa shape index (κ1) is 20.6. The summed E-state index contributed by atoms with van der Waals surface area (Å²) >= 11 is 0. The Morgan fingerprint density at radius 2 is 1.46 bits per heavy atom. The molecule has 1 aliphatic carbocycles.